The van der Waals surface area contributed by atoms with Crippen LogP contribution in [0, 0.1) is 5.82 Å². The van der Waals surface area contributed by atoms with E-state index in [-0.39, 0.29) is 5.91 Å². The van der Waals surface area contributed by atoms with Gasteiger partial charge in [-0.1, -0.05) is 18.2 Å². The van der Waals surface area contributed by atoms with Crippen LogP contribution in [0.25, 0.3) is 0 Å². The maximum Gasteiger partial charge on any atom is 0.258 e. The molecular weight excluding hydrogens is 269 g/mol. The zero-order valence-electron chi connectivity index (χ0n) is 11.8. The zero-order chi connectivity index (χ0) is 14.8. The fourth-order valence-corrected chi connectivity index (χ4v) is 2.76. The number of benzene rings is 2. The van der Waals surface area contributed by atoms with Crippen LogP contribution in [0.1, 0.15) is 22.3 Å². The monoisotopic (exact) mass is 285 g/mol. The molecule has 0 N–H and O–H groups in total. The van der Waals surface area contributed by atoms with Gasteiger partial charge in [-0.15, -0.1) is 0 Å². The third-order valence-corrected chi connectivity index (χ3v) is 3.72. The van der Waals surface area contributed by atoms with E-state index in [1.807, 2.05) is 18.2 Å². The van der Waals surface area contributed by atoms with E-state index in [9.17, 15) is 9.18 Å². The van der Waals surface area contributed by atoms with Crippen LogP contribution in [0.15, 0.2) is 42.5 Å². The molecule has 3 nitrogen and oxygen atoms in total. The van der Waals surface area contributed by atoms with Crippen LogP contribution in [0.5, 0.6) is 5.75 Å². The van der Waals surface area contributed by atoms with Crippen molar-refractivity contribution in [2.45, 2.75) is 12.8 Å². The number of amides is 1. The Bertz CT molecular complexity index is 670. The number of hydrogen-bond donors (Lipinski definition) is 0. The summed E-state index contributed by atoms with van der Waals surface area (Å²) in [6.07, 6.45) is 1.81. The van der Waals surface area contributed by atoms with Crippen molar-refractivity contribution < 1.29 is 13.9 Å². The highest BCUT2D eigenvalue weighted by atomic mass is 19.1. The molecule has 0 radical (unpaired) electrons. The van der Waals surface area contributed by atoms with Crippen LogP contribution >= 0.6 is 0 Å². The van der Waals surface area contributed by atoms with Gasteiger partial charge < -0.3 is 9.64 Å². The summed E-state index contributed by atoms with van der Waals surface area (Å²) < 4.78 is 18.7. The van der Waals surface area contributed by atoms with Crippen molar-refractivity contribution >= 4 is 11.6 Å². The fraction of sp³-hybridized carbons (Fsp3) is 0.235. The first-order valence-electron chi connectivity index (χ1n) is 6.94. The van der Waals surface area contributed by atoms with E-state index >= 15 is 0 Å². The Morgan fingerprint density at radius 1 is 1.24 bits per heavy atom. The van der Waals surface area contributed by atoms with E-state index in [1.54, 1.807) is 24.1 Å². The number of para-hydroxylation sites is 1. The largest absolute Gasteiger partial charge is 0.495 e. The molecule has 21 heavy (non-hydrogen) atoms. The summed E-state index contributed by atoms with van der Waals surface area (Å²) in [7, 11) is 1.59. The van der Waals surface area contributed by atoms with Gasteiger partial charge in [0.25, 0.3) is 5.91 Å². The number of carbonyl (C=O) groups excluding carboxylic acids is 1. The van der Waals surface area contributed by atoms with E-state index in [0.717, 1.165) is 24.1 Å². The van der Waals surface area contributed by atoms with E-state index in [0.29, 0.717) is 17.9 Å². The first-order chi connectivity index (χ1) is 10.2. The SMILES string of the molecule is COc1cccc2c1N(C(=O)c1cccc(F)c1)CCC2. The molecule has 0 aliphatic carbocycles. The summed E-state index contributed by atoms with van der Waals surface area (Å²) >= 11 is 0. The van der Waals surface area contributed by atoms with E-state index < -0.39 is 5.82 Å². The lowest BCUT2D eigenvalue weighted by atomic mass is 10.00. The fourth-order valence-electron chi connectivity index (χ4n) is 2.76. The second-order valence-electron chi connectivity index (χ2n) is 5.04. The first-order valence-corrected chi connectivity index (χ1v) is 6.94. The number of carbonyl (C=O) groups is 1. The molecule has 0 atom stereocenters. The number of hydrogen-bond acceptors (Lipinski definition) is 2. The lowest BCUT2D eigenvalue weighted by Crippen LogP contribution is -2.35. The van der Waals surface area contributed by atoms with Gasteiger partial charge in [-0.2, -0.15) is 0 Å². The van der Waals surface area contributed by atoms with Crippen molar-refractivity contribution in [2.75, 3.05) is 18.6 Å². The van der Waals surface area contributed by atoms with Crippen molar-refractivity contribution in [2.24, 2.45) is 0 Å². The van der Waals surface area contributed by atoms with Crippen LogP contribution < -0.4 is 9.64 Å². The number of nitrogens with zero attached hydrogens (tertiary/aromatic N) is 1. The van der Waals surface area contributed by atoms with Crippen molar-refractivity contribution in [3.05, 3.63) is 59.4 Å². The lowest BCUT2D eigenvalue weighted by molar-refractivity contribution is 0.0984. The van der Waals surface area contributed by atoms with Crippen molar-refractivity contribution in [3.8, 4) is 5.75 Å². The number of aryl methyl sites for hydroxylation is 1. The second-order valence-corrected chi connectivity index (χ2v) is 5.04. The topological polar surface area (TPSA) is 29.5 Å². The van der Waals surface area contributed by atoms with Gasteiger partial charge in [0.05, 0.1) is 12.8 Å². The molecule has 0 saturated heterocycles. The van der Waals surface area contributed by atoms with E-state index in [1.165, 1.54) is 12.1 Å². The highest BCUT2D eigenvalue weighted by molar-refractivity contribution is 6.07. The van der Waals surface area contributed by atoms with Crippen LogP contribution in [-0.4, -0.2) is 19.6 Å². The summed E-state index contributed by atoms with van der Waals surface area (Å²) in [6.45, 7) is 0.614. The Morgan fingerprint density at radius 3 is 2.81 bits per heavy atom. The molecule has 0 unspecified atom stereocenters. The molecule has 4 heteroatoms. The summed E-state index contributed by atoms with van der Waals surface area (Å²) in [4.78, 5) is 14.4. The molecular formula is C17H16FNO2. The maximum absolute atomic E-state index is 13.3. The molecule has 0 aromatic heterocycles. The van der Waals surface area contributed by atoms with Gasteiger partial charge in [0, 0.05) is 12.1 Å². The molecule has 0 spiro atoms. The summed E-state index contributed by atoms with van der Waals surface area (Å²) in [6, 6.07) is 11.6. The number of methoxy groups -OCH3 is 1. The summed E-state index contributed by atoms with van der Waals surface area (Å²) in [5, 5.41) is 0. The molecule has 1 amide bonds. The van der Waals surface area contributed by atoms with E-state index in [2.05, 4.69) is 0 Å². The predicted molar refractivity (Wildman–Crippen MR) is 79.4 cm³/mol. The maximum atomic E-state index is 13.3. The predicted octanol–water partition coefficient (Wildman–Crippen LogP) is 3.43. The van der Waals surface area contributed by atoms with Crippen molar-refractivity contribution in [1.29, 1.82) is 0 Å². The first kappa shape index (κ1) is 13.6. The van der Waals surface area contributed by atoms with Crippen LogP contribution in [0.3, 0.4) is 0 Å². The zero-order valence-corrected chi connectivity index (χ0v) is 11.8. The molecule has 2 aromatic carbocycles. The number of ether oxygens (including phenoxy) is 1. The molecule has 3 rings (SSSR count). The Hall–Kier alpha value is -2.36. The quantitative estimate of drug-likeness (QED) is 0.846. The minimum Gasteiger partial charge on any atom is -0.495 e. The van der Waals surface area contributed by atoms with Crippen LogP contribution in [-0.2, 0) is 6.42 Å². The standard InChI is InChI=1S/C17H16FNO2/c1-21-15-9-3-5-12-7-4-10-19(16(12)15)17(20)13-6-2-8-14(18)11-13/h2-3,5-6,8-9,11H,4,7,10H2,1H3. The Kier molecular flexibility index (Phi) is 3.60. The third kappa shape index (κ3) is 2.49. The molecule has 2 aromatic rings. The van der Waals surface area contributed by atoms with Gasteiger partial charge in [-0.25, -0.2) is 4.39 Å². The minimum absolute atomic E-state index is 0.194. The smallest absolute Gasteiger partial charge is 0.258 e. The Morgan fingerprint density at radius 2 is 2.05 bits per heavy atom. The second kappa shape index (κ2) is 5.56. The molecule has 1 heterocycles. The van der Waals surface area contributed by atoms with Gasteiger partial charge in [-0.3, -0.25) is 4.79 Å². The van der Waals surface area contributed by atoms with Crippen LogP contribution in [0.4, 0.5) is 10.1 Å². The highest BCUT2D eigenvalue weighted by Crippen LogP contribution is 2.36. The number of fused-ring (bicyclic) bond motifs is 1. The summed E-state index contributed by atoms with van der Waals surface area (Å²) in [5.74, 6) is 0.0787. The van der Waals surface area contributed by atoms with E-state index in [4.69, 9.17) is 4.74 Å². The van der Waals surface area contributed by atoms with Crippen molar-refractivity contribution in [3.63, 3.8) is 0 Å². The van der Waals surface area contributed by atoms with Crippen molar-refractivity contribution in [1.82, 2.24) is 0 Å². The number of anilines is 1. The highest BCUT2D eigenvalue weighted by Gasteiger charge is 2.26. The Balaban J connectivity index is 2.04. The third-order valence-electron chi connectivity index (χ3n) is 3.72. The number of rotatable bonds is 2. The van der Waals surface area contributed by atoms with Gasteiger partial charge in [0.2, 0.25) is 0 Å². The van der Waals surface area contributed by atoms with Gasteiger partial charge in [-0.05, 0) is 42.7 Å². The molecule has 1 aliphatic rings. The normalized spacial score (nSPS) is 13.7. The lowest BCUT2D eigenvalue weighted by Gasteiger charge is -2.31. The molecule has 0 fully saturated rings. The molecule has 108 valence electrons. The average Bonchev–Trinajstić information content (AvgIpc) is 2.53. The Labute approximate surface area is 123 Å². The molecule has 0 saturated carbocycles. The van der Waals surface area contributed by atoms with Crippen LogP contribution in [0.2, 0.25) is 0 Å². The molecule has 1 aliphatic heterocycles. The number of halogens is 1. The van der Waals surface area contributed by atoms with Gasteiger partial charge in [0.15, 0.2) is 0 Å². The van der Waals surface area contributed by atoms with Gasteiger partial charge >= 0.3 is 0 Å². The van der Waals surface area contributed by atoms with Gasteiger partial charge in [0.1, 0.15) is 11.6 Å². The average molecular weight is 285 g/mol. The molecule has 0 bridgehead atoms. The minimum atomic E-state index is -0.405. The summed E-state index contributed by atoms with van der Waals surface area (Å²) in [5.41, 5.74) is 2.25.